The van der Waals surface area contributed by atoms with E-state index in [4.69, 9.17) is 9.47 Å². The predicted octanol–water partition coefficient (Wildman–Crippen LogP) is 8.30. The number of alkyl halides is 6. The third-order valence-corrected chi connectivity index (χ3v) is 10.5. The lowest BCUT2D eigenvalue weighted by atomic mass is 10.1. The Morgan fingerprint density at radius 2 is 1.39 bits per heavy atom. The van der Waals surface area contributed by atoms with Gasteiger partial charge in [-0.2, -0.15) is 36.4 Å². The number of fused-ring (bicyclic) bond motifs is 1. The van der Waals surface area contributed by atoms with Crippen LogP contribution >= 0.6 is 10.0 Å². The van der Waals surface area contributed by atoms with E-state index in [1.165, 1.54) is 45.4 Å². The van der Waals surface area contributed by atoms with Crippen LogP contribution in [0.4, 0.5) is 26.3 Å². The maximum Gasteiger partial charge on any atom is 0.382 e. The minimum atomic E-state index is -5.66. The Morgan fingerprint density at radius 3 is 2.00 bits per heavy atom. The zero-order valence-electron chi connectivity index (χ0n) is 23.1. The van der Waals surface area contributed by atoms with Crippen LogP contribution in [-0.4, -0.2) is 49.1 Å². The molecule has 5 rings (SSSR count). The van der Waals surface area contributed by atoms with Crippen molar-refractivity contribution in [2.24, 2.45) is 0 Å². The summed E-state index contributed by atoms with van der Waals surface area (Å²) in [6.45, 7) is 3.07. The molecule has 0 spiro atoms. The molecule has 0 saturated heterocycles. The molecule has 0 atom stereocenters. The van der Waals surface area contributed by atoms with Crippen LogP contribution in [0.2, 0.25) is 0 Å². The third kappa shape index (κ3) is 4.00. The van der Waals surface area contributed by atoms with E-state index < -0.39 is 39.1 Å². The van der Waals surface area contributed by atoms with E-state index in [9.17, 15) is 0 Å². The first kappa shape index (κ1) is 28.8. The van der Waals surface area contributed by atoms with Crippen LogP contribution in [-0.2, 0) is 0 Å². The van der Waals surface area contributed by atoms with Crippen molar-refractivity contribution in [1.29, 1.82) is 0 Å². The van der Waals surface area contributed by atoms with Gasteiger partial charge in [-0.25, -0.2) is 0 Å². The Hall–Kier alpha value is -3.71. The Labute approximate surface area is 235 Å². The molecule has 0 radical (unpaired) electrons. The molecule has 10 heteroatoms. The SMILES string of the molecule is COc1ccc(C#CC2=CC=C(C3=C(n4c(C)c(C)c5cc(OC)ccc54)C(F)(F)C(F)(F)C3(F)F)S2(C)C)cc1. The molecule has 2 aromatic carbocycles. The number of allylic oxidation sites excluding steroid dienone is 5. The molecule has 0 N–H and O–H groups in total. The second-order valence-electron chi connectivity index (χ2n) is 10.2. The number of hydrogen-bond donors (Lipinski definition) is 0. The van der Waals surface area contributed by atoms with Crippen molar-refractivity contribution in [3.05, 3.63) is 86.8 Å². The van der Waals surface area contributed by atoms with E-state index in [1.807, 2.05) is 0 Å². The van der Waals surface area contributed by atoms with E-state index in [-0.39, 0.29) is 16.1 Å². The summed E-state index contributed by atoms with van der Waals surface area (Å²) in [7, 11) is 0.455. The molecule has 216 valence electrons. The van der Waals surface area contributed by atoms with Crippen LogP contribution in [0.5, 0.6) is 11.5 Å². The molecule has 0 saturated carbocycles. The Morgan fingerprint density at radius 1 is 0.780 bits per heavy atom. The van der Waals surface area contributed by atoms with Gasteiger partial charge in [0, 0.05) is 26.5 Å². The number of methoxy groups -OCH3 is 2. The summed E-state index contributed by atoms with van der Waals surface area (Å²) in [5.74, 6) is -9.07. The van der Waals surface area contributed by atoms with E-state index >= 15 is 26.3 Å². The topological polar surface area (TPSA) is 23.4 Å². The van der Waals surface area contributed by atoms with Gasteiger partial charge in [-0.1, -0.05) is 11.8 Å². The molecule has 0 fully saturated rings. The highest BCUT2D eigenvalue weighted by molar-refractivity contribution is 8.39. The fourth-order valence-corrected chi connectivity index (χ4v) is 7.32. The van der Waals surface area contributed by atoms with Crippen molar-refractivity contribution < 1.29 is 35.8 Å². The Kier molecular flexibility index (Phi) is 6.61. The molecule has 1 aliphatic carbocycles. The van der Waals surface area contributed by atoms with Gasteiger partial charge < -0.3 is 14.0 Å². The first-order valence-corrected chi connectivity index (χ1v) is 14.9. The molecule has 1 aromatic heterocycles. The number of hydrogen-bond acceptors (Lipinski definition) is 2. The normalized spacial score (nSPS) is 20.8. The van der Waals surface area contributed by atoms with Gasteiger partial charge in [0.1, 0.15) is 17.2 Å². The third-order valence-electron chi connectivity index (χ3n) is 7.74. The van der Waals surface area contributed by atoms with Crippen LogP contribution in [0.25, 0.3) is 16.6 Å². The number of aromatic nitrogens is 1. The number of halogens is 6. The maximum absolute atomic E-state index is 15.7. The van der Waals surface area contributed by atoms with Gasteiger partial charge in [0.15, 0.2) is 0 Å². The standard InChI is InChI=1S/C31H27F6NO2S/c1-18-19(2)38(25-15-12-22(40-4)17-24(18)25)28-27(29(32,33)31(36,37)30(28,34)35)26-16-14-23(41(26,5)6)13-9-20-7-10-21(39-3)11-8-20/h7-8,10-12,14-17H,1-6H3. The molecule has 3 aromatic rings. The summed E-state index contributed by atoms with van der Waals surface area (Å²) in [4.78, 5) is 0.139. The lowest BCUT2D eigenvalue weighted by Crippen LogP contribution is -2.49. The average molecular weight is 592 g/mol. The van der Waals surface area contributed by atoms with E-state index in [1.54, 1.807) is 49.8 Å². The fourth-order valence-electron chi connectivity index (χ4n) is 5.23. The zero-order valence-corrected chi connectivity index (χ0v) is 24.0. The number of nitrogens with zero attached hydrogens (tertiary/aromatic N) is 1. The molecule has 2 aliphatic rings. The summed E-state index contributed by atoms with van der Waals surface area (Å²) in [6.07, 6.45) is 5.86. The summed E-state index contributed by atoms with van der Waals surface area (Å²) >= 11 is 0. The number of aryl methyl sites for hydroxylation is 1. The molecule has 0 amide bonds. The summed E-state index contributed by atoms with van der Waals surface area (Å²) in [5, 5.41) is 0.430. The summed E-state index contributed by atoms with van der Waals surface area (Å²) in [5.41, 5.74) is -1.44. The Balaban J connectivity index is 1.71. The largest absolute Gasteiger partial charge is 0.497 e. The average Bonchev–Trinajstić information content (AvgIpc) is 3.39. The van der Waals surface area contributed by atoms with E-state index in [0.717, 1.165) is 4.57 Å². The van der Waals surface area contributed by atoms with Crippen molar-refractivity contribution in [1.82, 2.24) is 4.57 Å². The molecular weight excluding hydrogens is 564 g/mol. The maximum atomic E-state index is 15.7. The fraction of sp³-hybridized carbons (Fsp3) is 0.290. The number of benzene rings is 2. The zero-order chi connectivity index (χ0) is 30.1. The molecule has 1 aliphatic heterocycles. The molecule has 0 bridgehead atoms. The highest BCUT2D eigenvalue weighted by Crippen LogP contribution is 2.70. The molecule has 41 heavy (non-hydrogen) atoms. The minimum absolute atomic E-state index is 0.0976. The highest BCUT2D eigenvalue weighted by atomic mass is 32.3. The molecule has 3 nitrogen and oxygen atoms in total. The number of rotatable bonds is 4. The van der Waals surface area contributed by atoms with Crippen LogP contribution < -0.4 is 9.47 Å². The number of ether oxygens (including phenoxy) is 2. The molecule has 0 unspecified atom stereocenters. The van der Waals surface area contributed by atoms with Gasteiger partial charge >= 0.3 is 17.8 Å². The van der Waals surface area contributed by atoms with E-state index in [2.05, 4.69) is 11.8 Å². The second-order valence-corrected chi connectivity index (χ2v) is 13.8. The van der Waals surface area contributed by atoms with Gasteiger partial charge in [0.25, 0.3) is 0 Å². The second kappa shape index (κ2) is 9.41. The van der Waals surface area contributed by atoms with Crippen LogP contribution in [0, 0.1) is 25.7 Å². The van der Waals surface area contributed by atoms with Crippen LogP contribution in [0.15, 0.2) is 70.0 Å². The summed E-state index contributed by atoms with van der Waals surface area (Å²) < 4.78 is 104. The first-order chi connectivity index (χ1) is 19.1. The van der Waals surface area contributed by atoms with Crippen molar-refractivity contribution in [3.63, 3.8) is 0 Å². The monoisotopic (exact) mass is 591 g/mol. The van der Waals surface area contributed by atoms with Gasteiger partial charge in [-0.3, -0.25) is 0 Å². The smallest absolute Gasteiger partial charge is 0.382 e. The predicted molar refractivity (Wildman–Crippen MR) is 151 cm³/mol. The molecular formula is C31H27F6NO2S. The Bertz CT molecular complexity index is 1730. The van der Waals surface area contributed by atoms with Crippen LogP contribution in [0.3, 0.4) is 0 Å². The van der Waals surface area contributed by atoms with Crippen molar-refractivity contribution in [2.45, 2.75) is 31.6 Å². The van der Waals surface area contributed by atoms with E-state index in [0.29, 0.717) is 32.9 Å². The lowest BCUT2D eigenvalue weighted by molar-refractivity contribution is -0.260. The van der Waals surface area contributed by atoms with Crippen molar-refractivity contribution >= 4 is 26.6 Å². The van der Waals surface area contributed by atoms with Crippen molar-refractivity contribution in [2.75, 3.05) is 26.7 Å². The minimum Gasteiger partial charge on any atom is -0.497 e. The van der Waals surface area contributed by atoms with Gasteiger partial charge in [0.2, 0.25) is 0 Å². The van der Waals surface area contributed by atoms with Crippen LogP contribution in [0.1, 0.15) is 16.8 Å². The van der Waals surface area contributed by atoms with Gasteiger partial charge in [-0.15, -0.1) is 0 Å². The molecule has 2 heterocycles. The van der Waals surface area contributed by atoms with Gasteiger partial charge in [-0.05, 0) is 86.5 Å². The highest BCUT2D eigenvalue weighted by Gasteiger charge is 2.81. The van der Waals surface area contributed by atoms with Gasteiger partial charge in [0.05, 0.1) is 25.3 Å². The lowest BCUT2D eigenvalue weighted by Gasteiger charge is -2.34. The van der Waals surface area contributed by atoms with Crippen molar-refractivity contribution in [3.8, 4) is 23.3 Å². The quantitative estimate of drug-likeness (QED) is 0.225. The first-order valence-electron chi connectivity index (χ1n) is 12.5. The summed E-state index contributed by atoms with van der Waals surface area (Å²) in [6, 6.07) is 11.3.